The molecule has 6 heteroatoms. The van der Waals surface area contributed by atoms with Crippen molar-refractivity contribution < 1.29 is 4.79 Å². The normalized spacial score (nSPS) is 14.2. The lowest BCUT2D eigenvalue weighted by atomic mass is 10.0. The highest BCUT2D eigenvalue weighted by Gasteiger charge is 2.19. The molecule has 36 heavy (non-hydrogen) atoms. The van der Waals surface area contributed by atoms with Crippen molar-refractivity contribution in [2.24, 2.45) is 0 Å². The lowest BCUT2D eigenvalue weighted by Gasteiger charge is -2.37. The Hall–Kier alpha value is -3.77. The number of rotatable bonds is 7. The van der Waals surface area contributed by atoms with Gasteiger partial charge in [0, 0.05) is 61.8 Å². The number of hydrogen-bond donors (Lipinski definition) is 1. The van der Waals surface area contributed by atoms with Gasteiger partial charge in [0.2, 0.25) is 0 Å². The van der Waals surface area contributed by atoms with Crippen molar-refractivity contribution in [1.29, 1.82) is 0 Å². The summed E-state index contributed by atoms with van der Waals surface area (Å²) in [6, 6.07) is 20.2. The summed E-state index contributed by atoms with van der Waals surface area (Å²) < 4.78 is 0. The molecule has 2 aromatic heterocycles. The second-order valence-corrected chi connectivity index (χ2v) is 9.54. The third-order valence-corrected chi connectivity index (χ3v) is 6.93. The van der Waals surface area contributed by atoms with Crippen molar-refractivity contribution in [2.75, 3.05) is 44.2 Å². The van der Waals surface area contributed by atoms with Gasteiger partial charge >= 0.3 is 0 Å². The van der Waals surface area contributed by atoms with Crippen LogP contribution < -0.4 is 10.2 Å². The van der Waals surface area contributed by atoms with Gasteiger partial charge in [-0.15, -0.1) is 0 Å². The first-order valence-electron chi connectivity index (χ1n) is 12.7. The summed E-state index contributed by atoms with van der Waals surface area (Å²) in [6.07, 6.45) is 4.44. The molecule has 1 fully saturated rings. The van der Waals surface area contributed by atoms with E-state index in [1.54, 1.807) is 12.4 Å². The molecule has 1 amide bonds. The van der Waals surface area contributed by atoms with E-state index >= 15 is 0 Å². The SMILES string of the molecule is Cc1ccc(C)c(N2CCN(CCCNC(=O)c3cc(-c4cccnc4)nc4ccccc34)CC2)c1. The highest BCUT2D eigenvalue weighted by Crippen LogP contribution is 2.25. The Balaban J connectivity index is 1.16. The Morgan fingerprint density at radius 3 is 2.61 bits per heavy atom. The fourth-order valence-corrected chi connectivity index (χ4v) is 4.90. The maximum Gasteiger partial charge on any atom is 0.252 e. The molecule has 0 aliphatic carbocycles. The van der Waals surface area contributed by atoms with Crippen LogP contribution in [0.15, 0.2) is 73.1 Å². The van der Waals surface area contributed by atoms with E-state index in [0.717, 1.165) is 61.3 Å². The van der Waals surface area contributed by atoms with Crippen molar-refractivity contribution in [3.63, 3.8) is 0 Å². The molecule has 0 bridgehead atoms. The quantitative estimate of drug-likeness (QED) is 0.384. The number of nitrogens with zero attached hydrogens (tertiary/aromatic N) is 4. The Morgan fingerprint density at radius 2 is 1.81 bits per heavy atom. The average molecular weight is 480 g/mol. The van der Waals surface area contributed by atoms with Gasteiger partial charge in [-0.3, -0.25) is 14.7 Å². The van der Waals surface area contributed by atoms with Gasteiger partial charge in [-0.1, -0.05) is 30.3 Å². The number of carbonyl (C=O) groups excluding carboxylic acids is 1. The second-order valence-electron chi connectivity index (χ2n) is 9.54. The summed E-state index contributed by atoms with van der Waals surface area (Å²) in [7, 11) is 0. The molecule has 6 nitrogen and oxygen atoms in total. The Bertz CT molecular complexity index is 1350. The molecule has 184 valence electrons. The van der Waals surface area contributed by atoms with E-state index in [9.17, 15) is 4.79 Å². The molecule has 5 rings (SSSR count). The van der Waals surface area contributed by atoms with E-state index in [4.69, 9.17) is 4.98 Å². The number of fused-ring (bicyclic) bond motifs is 1. The van der Waals surface area contributed by atoms with Crippen molar-refractivity contribution in [3.8, 4) is 11.3 Å². The van der Waals surface area contributed by atoms with Crippen molar-refractivity contribution >= 4 is 22.5 Å². The highest BCUT2D eigenvalue weighted by atomic mass is 16.1. The number of anilines is 1. The minimum Gasteiger partial charge on any atom is -0.369 e. The summed E-state index contributed by atoms with van der Waals surface area (Å²) in [4.78, 5) is 27.1. The standard InChI is InChI=1S/C30H33N5O/c1-22-10-11-23(2)29(19-22)35-17-15-34(16-18-35)14-6-13-32-30(36)26-20-28(24-7-5-12-31-21-24)33-27-9-4-3-8-25(26)27/h3-5,7-12,19-21H,6,13-18H2,1-2H3,(H,32,36). The second kappa shape index (κ2) is 10.9. The maximum atomic E-state index is 13.2. The highest BCUT2D eigenvalue weighted by molar-refractivity contribution is 6.07. The molecule has 2 aromatic carbocycles. The molecule has 1 aliphatic heterocycles. The van der Waals surface area contributed by atoms with Crippen LogP contribution in [0.4, 0.5) is 5.69 Å². The Morgan fingerprint density at radius 1 is 0.972 bits per heavy atom. The molecule has 3 heterocycles. The van der Waals surface area contributed by atoms with Crippen LogP contribution in [0.1, 0.15) is 27.9 Å². The molecule has 1 N–H and O–H groups in total. The van der Waals surface area contributed by atoms with Gasteiger partial charge in [0.05, 0.1) is 16.8 Å². The van der Waals surface area contributed by atoms with Gasteiger partial charge in [0.1, 0.15) is 0 Å². The number of hydrogen-bond acceptors (Lipinski definition) is 5. The molecule has 4 aromatic rings. The van der Waals surface area contributed by atoms with Gasteiger partial charge < -0.3 is 10.2 Å². The first-order chi connectivity index (χ1) is 17.6. The molecule has 0 radical (unpaired) electrons. The first kappa shape index (κ1) is 23.9. The topological polar surface area (TPSA) is 61.4 Å². The van der Waals surface area contributed by atoms with Crippen LogP contribution in [0.5, 0.6) is 0 Å². The number of para-hydroxylation sites is 1. The zero-order valence-electron chi connectivity index (χ0n) is 21.1. The van der Waals surface area contributed by atoms with Crippen molar-refractivity contribution in [2.45, 2.75) is 20.3 Å². The van der Waals surface area contributed by atoms with E-state index in [1.807, 2.05) is 42.5 Å². The van der Waals surface area contributed by atoms with Gasteiger partial charge in [-0.2, -0.15) is 0 Å². The number of amides is 1. The van der Waals surface area contributed by atoms with Gasteiger partial charge in [-0.25, -0.2) is 4.98 Å². The Labute approximate surface area is 213 Å². The molecule has 0 saturated carbocycles. The van der Waals surface area contributed by atoms with Crippen molar-refractivity contribution in [3.05, 3.63) is 89.7 Å². The van der Waals surface area contributed by atoms with Crippen LogP contribution in [-0.4, -0.2) is 60.0 Å². The van der Waals surface area contributed by atoms with Gasteiger partial charge in [-0.05, 0) is 68.3 Å². The number of benzene rings is 2. The number of nitrogens with one attached hydrogen (secondary N) is 1. The maximum absolute atomic E-state index is 13.2. The summed E-state index contributed by atoms with van der Waals surface area (Å²) in [6.45, 7) is 10.1. The third-order valence-electron chi connectivity index (χ3n) is 6.93. The van der Waals surface area contributed by atoms with Crippen molar-refractivity contribution in [1.82, 2.24) is 20.2 Å². The van der Waals surface area contributed by atoms with Crippen LogP contribution >= 0.6 is 0 Å². The Kier molecular flexibility index (Phi) is 7.23. The largest absolute Gasteiger partial charge is 0.369 e. The fourth-order valence-electron chi connectivity index (χ4n) is 4.90. The van der Waals surface area contributed by atoms with Crippen LogP contribution in [0.25, 0.3) is 22.2 Å². The summed E-state index contributed by atoms with van der Waals surface area (Å²) in [5.41, 5.74) is 7.13. The number of pyridine rings is 2. The molecule has 0 unspecified atom stereocenters. The third kappa shape index (κ3) is 5.39. The lowest BCUT2D eigenvalue weighted by molar-refractivity contribution is 0.0953. The van der Waals surface area contributed by atoms with E-state index in [-0.39, 0.29) is 5.91 Å². The predicted molar refractivity (Wildman–Crippen MR) is 146 cm³/mol. The predicted octanol–water partition coefficient (Wildman–Crippen LogP) is 4.86. The van der Waals surface area contributed by atoms with E-state index in [2.05, 4.69) is 52.1 Å². The molecule has 1 saturated heterocycles. The van der Waals surface area contributed by atoms with Crippen LogP contribution in [0.3, 0.4) is 0 Å². The lowest BCUT2D eigenvalue weighted by Crippen LogP contribution is -2.47. The molecular formula is C30H33N5O. The zero-order chi connectivity index (χ0) is 24.9. The average Bonchev–Trinajstić information content (AvgIpc) is 2.92. The van der Waals surface area contributed by atoms with E-state index < -0.39 is 0 Å². The number of aromatic nitrogens is 2. The number of carbonyl (C=O) groups is 1. The fraction of sp³-hybridized carbons (Fsp3) is 0.300. The minimum absolute atomic E-state index is 0.0570. The summed E-state index contributed by atoms with van der Waals surface area (Å²) in [5.74, 6) is -0.0570. The minimum atomic E-state index is -0.0570. The van der Waals surface area contributed by atoms with Crippen LogP contribution in [0, 0.1) is 13.8 Å². The van der Waals surface area contributed by atoms with Gasteiger partial charge in [0.15, 0.2) is 0 Å². The van der Waals surface area contributed by atoms with E-state index in [1.165, 1.54) is 16.8 Å². The monoisotopic (exact) mass is 479 g/mol. The smallest absolute Gasteiger partial charge is 0.252 e. The first-order valence-corrected chi connectivity index (χ1v) is 12.7. The van der Waals surface area contributed by atoms with Crippen LogP contribution in [-0.2, 0) is 0 Å². The molecule has 1 aliphatic rings. The van der Waals surface area contributed by atoms with E-state index in [0.29, 0.717) is 12.1 Å². The number of piperazine rings is 1. The zero-order valence-corrected chi connectivity index (χ0v) is 21.1. The molecule has 0 spiro atoms. The van der Waals surface area contributed by atoms with Gasteiger partial charge in [0.25, 0.3) is 5.91 Å². The summed E-state index contributed by atoms with van der Waals surface area (Å²) >= 11 is 0. The molecule has 0 atom stereocenters. The summed E-state index contributed by atoms with van der Waals surface area (Å²) in [5, 5.41) is 4.00. The van der Waals surface area contributed by atoms with Crippen LogP contribution in [0.2, 0.25) is 0 Å². The number of aryl methyl sites for hydroxylation is 2. The molecular weight excluding hydrogens is 446 g/mol.